The van der Waals surface area contributed by atoms with Crippen molar-refractivity contribution >= 4 is 27.9 Å². The predicted molar refractivity (Wildman–Crippen MR) is 77.4 cm³/mol. The number of aryl methyl sites for hydroxylation is 1. The second-order valence-corrected chi connectivity index (χ2v) is 5.04. The van der Waals surface area contributed by atoms with Crippen LogP contribution >= 0.6 is 15.9 Å². The molecule has 0 heterocycles. The molecule has 0 atom stereocenters. The first-order valence-corrected chi connectivity index (χ1v) is 6.48. The third-order valence-electron chi connectivity index (χ3n) is 2.63. The molecule has 0 fully saturated rings. The lowest BCUT2D eigenvalue weighted by atomic mass is 10.2. The van der Waals surface area contributed by atoms with Crippen molar-refractivity contribution in [2.75, 3.05) is 0 Å². The first kappa shape index (κ1) is 14.2. The molecule has 102 valence electrons. The molecule has 0 N–H and O–H groups in total. The van der Waals surface area contributed by atoms with Crippen LogP contribution in [0, 0.1) is 17.0 Å². The van der Waals surface area contributed by atoms with E-state index in [-0.39, 0.29) is 11.4 Å². The quantitative estimate of drug-likeness (QED) is 0.475. The molecule has 0 saturated carbocycles. The average Bonchev–Trinajstić information content (AvgIpc) is 2.41. The summed E-state index contributed by atoms with van der Waals surface area (Å²) in [5.41, 5.74) is 0.941. The number of rotatable bonds is 4. The second kappa shape index (κ2) is 5.83. The Hall–Kier alpha value is -2.21. The van der Waals surface area contributed by atoms with Gasteiger partial charge in [-0.15, -0.1) is 0 Å². The highest BCUT2D eigenvalue weighted by Gasteiger charge is 2.19. The first-order valence-electron chi connectivity index (χ1n) is 5.69. The van der Waals surface area contributed by atoms with Gasteiger partial charge in [-0.1, -0.05) is 28.1 Å². The van der Waals surface area contributed by atoms with Gasteiger partial charge in [0.2, 0.25) is 5.75 Å². The number of aldehydes is 1. The van der Waals surface area contributed by atoms with E-state index >= 15 is 0 Å². The summed E-state index contributed by atoms with van der Waals surface area (Å²) in [4.78, 5) is 21.3. The zero-order chi connectivity index (χ0) is 14.7. The smallest absolute Gasteiger partial charge is 0.312 e. The van der Waals surface area contributed by atoms with E-state index in [0.717, 1.165) is 0 Å². The number of nitro groups is 1. The fraction of sp³-hybridized carbons (Fsp3) is 0.0714. The summed E-state index contributed by atoms with van der Waals surface area (Å²) in [5.74, 6) is 0.546. The van der Waals surface area contributed by atoms with Crippen LogP contribution in [0.2, 0.25) is 0 Å². The van der Waals surface area contributed by atoms with Crippen molar-refractivity contribution in [3.05, 3.63) is 62.1 Å². The summed E-state index contributed by atoms with van der Waals surface area (Å²) >= 11 is 3.22. The van der Waals surface area contributed by atoms with E-state index in [0.29, 0.717) is 27.6 Å². The molecule has 20 heavy (non-hydrogen) atoms. The van der Waals surface area contributed by atoms with E-state index in [4.69, 9.17) is 4.74 Å². The highest BCUT2D eigenvalue weighted by atomic mass is 79.9. The summed E-state index contributed by atoms with van der Waals surface area (Å²) in [6, 6.07) is 9.55. The number of ether oxygens (including phenoxy) is 1. The minimum absolute atomic E-state index is 0.131. The molecule has 0 saturated heterocycles. The Morgan fingerprint density at radius 2 is 2.05 bits per heavy atom. The molecule has 2 aromatic rings. The molecular weight excluding hydrogens is 326 g/mol. The van der Waals surface area contributed by atoms with Crippen molar-refractivity contribution in [2.45, 2.75) is 6.92 Å². The van der Waals surface area contributed by atoms with Gasteiger partial charge in [-0.2, -0.15) is 0 Å². The largest absolute Gasteiger partial charge is 0.450 e. The minimum Gasteiger partial charge on any atom is -0.450 e. The summed E-state index contributed by atoms with van der Waals surface area (Å²) < 4.78 is 6.18. The van der Waals surface area contributed by atoms with Crippen molar-refractivity contribution in [1.29, 1.82) is 0 Å². The number of nitrogens with zero attached hydrogens (tertiary/aromatic N) is 1. The highest BCUT2D eigenvalue weighted by molar-refractivity contribution is 9.10. The lowest BCUT2D eigenvalue weighted by molar-refractivity contribution is -0.385. The minimum atomic E-state index is -0.503. The zero-order valence-electron chi connectivity index (χ0n) is 10.5. The lowest BCUT2D eigenvalue weighted by Crippen LogP contribution is -1.96. The fourth-order valence-electron chi connectivity index (χ4n) is 1.75. The summed E-state index contributed by atoms with van der Waals surface area (Å²) in [7, 11) is 0. The van der Waals surface area contributed by atoms with Gasteiger partial charge in [0, 0.05) is 16.1 Å². The zero-order valence-corrected chi connectivity index (χ0v) is 12.1. The normalized spacial score (nSPS) is 10.1. The van der Waals surface area contributed by atoms with Crippen LogP contribution in [0.5, 0.6) is 11.5 Å². The van der Waals surface area contributed by atoms with Gasteiger partial charge in [-0.25, -0.2) is 0 Å². The average molecular weight is 336 g/mol. The van der Waals surface area contributed by atoms with Gasteiger partial charge in [0.05, 0.1) is 4.92 Å². The molecule has 0 amide bonds. The van der Waals surface area contributed by atoms with Crippen molar-refractivity contribution in [1.82, 2.24) is 0 Å². The van der Waals surface area contributed by atoms with Crippen molar-refractivity contribution in [2.24, 2.45) is 0 Å². The molecule has 2 aromatic carbocycles. The van der Waals surface area contributed by atoms with Gasteiger partial charge >= 0.3 is 5.69 Å². The van der Waals surface area contributed by atoms with Crippen LogP contribution in [0.4, 0.5) is 5.69 Å². The van der Waals surface area contributed by atoms with Crippen LogP contribution in [0.3, 0.4) is 0 Å². The van der Waals surface area contributed by atoms with E-state index < -0.39 is 4.92 Å². The monoisotopic (exact) mass is 335 g/mol. The van der Waals surface area contributed by atoms with Crippen LogP contribution < -0.4 is 4.74 Å². The molecular formula is C14H10BrNO4. The number of hydrogen-bond donors (Lipinski definition) is 0. The topological polar surface area (TPSA) is 69.4 Å². The van der Waals surface area contributed by atoms with Crippen LogP contribution in [-0.4, -0.2) is 11.2 Å². The third-order valence-corrected chi connectivity index (χ3v) is 3.09. The number of carbonyl (C=O) groups is 1. The van der Waals surface area contributed by atoms with E-state index in [2.05, 4.69) is 15.9 Å². The van der Waals surface area contributed by atoms with E-state index in [1.54, 1.807) is 31.2 Å². The van der Waals surface area contributed by atoms with E-state index in [1.807, 2.05) is 0 Å². The van der Waals surface area contributed by atoms with Gasteiger partial charge in [0.25, 0.3) is 0 Å². The summed E-state index contributed by atoms with van der Waals surface area (Å²) in [6.07, 6.45) is 0.690. The maximum absolute atomic E-state index is 11.1. The SMILES string of the molecule is Cc1cc(Br)cc([N+](=O)[O-])c1Oc1cccc(C=O)c1. The molecule has 0 bridgehead atoms. The van der Waals surface area contributed by atoms with Crippen molar-refractivity contribution in [3.8, 4) is 11.5 Å². The Bertz CT molecular complexity index is 685. The molecule has 0 aromatic heterocycles. The molecule has 0 radical (unpaired) electrons. The highest BCUT2D eigenvalue weighted by Crippen LogP contribution is 2.37. The van der Waals surface area contributed by atoms with Gasteiger partial charge in [0.1, 0.15) is 12.0 Å². The van der Waals surface area contributed by atoms with E-state index in [9.17, 15) is 14.9 Å². The Labute approximate surface area is 123 Å². The summed E-state index contributed by atoms with van der Waals surface area (Å²) in [6.45, 7) is 1.72. The molecule has 0 spiro atoms. The van der Waals surface area contributed by atoms with E-state index in [1.165, 1.54) is 12.1 Å². The number of benzene rings is 2. The molecule has 6 heteroatoms. The fourth-order valence-corrected chi connectivity index (χ4v) is 2.31. The second-order valence-electron chi connectivity index (χ2n) is 4.12. The third kappa shape index (κ3) is 3.03. The molecule has 0 aliphatic heterocycles. The van der Waals surface area contributed by atoms with Crippen LogP contribution in [0.25, 0.3) is 0 Å². The van der Waals surface area contributed by atoms with Crippen molar-refractivity contribution in [3.63, 3.8) is 0 Å². The Kier molecular flexibility index (Phi) is 4.14. The lowest BCUT2D eigenvalue weighted by Gasteiger charge is -2.10. The van der Waals surface area contributed by atoms with Crippen LogP contribution in [-0.2, 0) is 0 Å². The Balaban J connectivity index is 2.47. The maximum atomic E-state index is 11.1. The number of nitro benzene ring substituents is 1. The van der Waals surface area contributed by atoms with Gasteiger partial charge < -0.3 is 4.74 Å². The molecule has 0 aliphatic carbocycles. The van der Waals surface area contributed by atoms with Crippen LogP contribution in [0.1, 0.15) is 15.9 Å². The van der Waals surface area contributed by atoms with Gasteiger partial charge in [-0.05, 0) is 30.7 Å². The van der Waals surface area contributed by atoms with Gasteiger partial charge in [-0.3, -0.25) is 14.9 Å². The van der Waals surface area contributed by atoms with Gasteiger partial charge in [0.15, 0.2) is 0 Å². The summed E-state index contributed by atoms with van der Waals surface area (Å²) in [5, 5.41) is 11.1. The molecule has 2 rings (SSSR count). The Morgan fingerprint density at radius 1 is 1.30 bits per heavy atom. The number of carbonyl (C=O) groups excluding carboxylic acids is 1. The number of halogens is 1. The maximum Gasteiger partial charge on any atom is 0.312 e. The molecule has 0 aliphatic rings. The first-order chi connectivity index (χ1) is 9.51. The predicted octanol–water partition coefficient (Wildman–Crippen LogP) is 4.27. The van der Waals surface area contributed by atoms with Crippen molar-refractivity contribution < 1.29 is 14.5 Å². The standard InChI is InChI=1S/C14H10BrNO4/c1-9-5-11(15)7-13(16(18)19)14(9)20-12-4-2-3-10(6-12)8-17/h2-8H,1H3. The molecule has 0 unspecified atom stereocenters. The van der Waals surface area contributed by atoms with Crippen LogP contribution in [0.15, 0.2) is 40.9 Å². The molecule has 5 nitrogen and oxygen atoms in total. The Morgan fingerprint density at radius 3 is 2.70 bits per heavy atom. The number of hydrogen-bond acceptors (Lipinski definition) is 4.